The van der Waals surface area contributed by atoms with E-state index in [9.17, 15) is 0 Å². The minimum atomic E-state index is 0.796. The zero-order chi connectivity index (χ0) is 17.4. The molecule has 0 aliphatic carbocycles. The topological polar surface area (TPSA) is 30.7 Å². The smallest absolute Gasteiger partial charge is 0.189 e. The predicted octanol–water partition coefficient (Wildman–Crippen LogP) is 5.33. The monoisotopic (exact) mass is 345 g/mol. The Hall–Kier alpha value is -2.59. The van der Waals surface area contributed by atoms with Crippen LogP contribution in [-0.2, 0) is 7.05 Å². The van der Waals surface area contributed by atoms with Crippen molar-refractivity contribution < 1.29 is 0 Å². The number of aromatic nitrogens is 3. The Morgan fingerprint density at radius 2 is 1.64 bits per heavy atom. The van der Waals surface area contributed by atoms with Gasteiger partial charge in [-0.2, -0.15) is 0 Å². The van der Waals surface area contributed by atoms with Crippen LogP contribution in [0.2, 0.25) is 0 Å². The second-order valence-electron chi connectivity index (χ2n) is 6.12. The summed E-state index contributed by atoms with van der Waals surface area (Å²) >= 11 is 1.57. The summed E-state index contributed by atoms with van der Waals surface area (Å²) < 4.78 is 2.16. The van der Waals surface area contributed by atoms with Crippen molar-refractivity contribution in [1.82, 2.24) is 14.5 Å². The van der Waals surface area contributed by atoms with E-state index in [1.807, 2.05) is 12.3 Å². The molecule has 2 heterocycles. The maximum atomic E-state index is 4.82. The molecule has 0 radical (unpaired) electrons. The van der Waals surface area contributed by atoms with Crippen molar-refractivity contribution in [3.05, 3.63) is 66.2 Å². The molecule has 124 valence electrons. The van der Waals surface area contributed by atoms with Crippen LogP contribution in [0.5, 0.6) is 0 Å². The summed E-state index contributed by atoms with van der Waals surface area (Å²) in [5.74, 6) is 0. The third kappa shape index (κ3) is 2.83. The predicted molar refractivity (Wildman–Crippen MR) is 106 cm³/mol. The van der Waals surface area contributed by atoms with E-state index in [1.54, 1.807) is 11.8 Å². The zero-order valence-electron chi connectivity index (χ0n) is 14.5. The van der Waals surface area contributed by atoms with Crippen molar-refractivity contribution in [1.29, 1.82) is 0 Å². The van der Waals surface area contributed by atoms with Gasteiger partial charge in [-0.3, -0.25) is 0 Å². The van der Waals surface area contributed by atoms with Gasteiger partial charge in [0.25, 0.3) is 0 Å². The van der Waals surface area contributed by atoms with Gasteiger partial charge < -0.3 is 4.57 Å². The molecule has 0 saturated carbocycles. The van der Waals surface area contributed by atoms with Crippen LogP contribution in [-0.4, -0.2) is 20.8 Å². The molecule has 0 spiro atoms. The Morgan fingerprint density at radius 3 is 2.36 bits per heavy atom. The number of hydrogen-bond acceptors (Lipinski definition) is 3. The average molecular weight is 345 g/mol. The molecule has 4 rings (SSSR count). The van der Waals surface area contributed by atoms with E-state index in [1.165, 1.54) is 11.1 Å². The minimum absolute atomic E-state index is 0.796. The largest absolute Gasteiger partial charge is 0.328 e. The maximum absolute atomic E-state index is 4.82. The molecular formula is C21H19N3S. The molecule has 0 N–H and O–H groups in total. The van der Waals surface area contributed by atoms with Crippen LogP contribution in [0, 0.1) is 6.92 Å². The molecule has 0 aliphatic heterocycles. The number of aryl methyl sites for hydroxylation is 2. The molecule has 25 heavy (non-hydrogen) atoms. The standard InChI is InChI=1S/C21H19N3S/c1-14-8-7-11-16(12-14)19-17-13-18(15-9-5-4-6-10-15)24(2)20(17)23-21(22-19)25-3/h4-13H,1-3H3. The van der Waals surface area contributed by atoms with E-state index in [4.69, 9.17) is 9.97 Å². The molecule has 4 heteroatoms. The van der Waals surface area contributed by atoms with Crippen molar-refractivity contribution in [3.63, 3.8) is 0 Å². The highest BCUT2D eigenvalue weighted by Crippen LogP contribution is 2.33. The number of fused-ring (bicyclic) bond motifs is 1. The first-order valence-corrected chi connectivity index (χ1v) is 9.44. The average Bonchev–Trinajstić information content (AvgIpc) is 2.98. The molecule has 4 aromatic rings. The Balaban J connectivity index is 2.03. The van der Waals surface area contributed by atoms with Crippen molar-refractivity contribution >= 4 is 22.8 Å². The van der Waals surface area contributed by atoms with E-state index >= 15 is 0 Å². The summed E-state index contributed by atoms with van der Waals surface area (Å²) in [6.07, 6.45) is 2.02. The fourth-order valence-electron chi connectivity index (χ4n) is 3.16. The van der Waals surface area contributed by atoms with Crippen LogP contribution in [0.3, 0.4) is 0 Å². The van der Waals surface area contributed by atoms with E-state index in [-0.39, 0.29) is 0 Å². The van der Waals surface area contributed by atoms with Gasteiger partial charge in [-0.15, -0.1) is 0 Å². The summed E-state index contributed by atoms with van der Waals surface area (Å²) in [5, 5.41) is 1.88. The number of rotatable bonds is 3. The first kappa shape index (κ1) is 15.9. The molecule has 0 fully saturated rings. The lowest BCUT2D eigenvalue weighted by atomic mass is 10.1. The number of hydrogen-bond donors (Lipinski definition) is 0. The highest BCUT2D eigenvalue weighted by Gasteiger charge is 2.16. The Morgan fingerprint density at radius 1 is 0.880 bits per heavy atom. The van der Waals surface area contributed by atoms with E-state index in [2.05, 4.69) is 73.1 Å². The van der Waals surface area contributed by atoms with Crippen molar-refractivity contribution in [2.24, 2.45) is 7.05 Å². The Bertz CT molecular complexity index is 1050. The maximum Gasteiger partial charge on any atom is 0.189 e. The fraction of sp³-hybridized carbons (Fsp3) is 0.143. The van der Waals surface area contributed by atoms with Gasteiger partial charge in [0.15, 0.2) is 5.16 Å². The van der Waals surface area contributed by atoms with Gasteiger partial charge in [0.2, 0.25) is 0 Å². The quantitative estimate of drug-likeness (QED) is 0.371. The zero-order valence-corrected chi connectivity index (χ0v) is 15.3. The highest BCUT2D eigenvalue weighted by molar-refractivity contribution is 7.98. The molecule has 0 amide bonds. The van der Waals surface area contributed by atoms with Gasteiger partial charge in [0.1, 0.15) is 5.65 Å². The molecule has 0 unspecified atom stereocenters. The van der Waals surface area contributed by atoms with Crippen LogP contribution in [0.15, 0.2) is 65.8 Å². The van der Waals surface area contributed by atoms with Gasteiger partial charge >= 0.3 is 0 Å². The second kappa shape index (κ2) is 6.37. The number of benzene rings is 2. The van der Waals surface area contributed by atoms with Crippen molar-refractivity contribution in [3.8, 4) is 22.5 Å². The Labute approximate surface area is 151 Å². The first-order valence-electron chi connectivity index (χ1n) is 8.21. The van der Waals surface area contributed by atoms with Gasteiger partial charge in [-0.05, 0) is 30.9 Å². The number of thioether (sulfide) groups is 1. The van der Waals surface area contributed by atoms with Gasteiger partial charge in [0.05, 0.1) is 11.4 Å². The first-order chi connectivity index (χ1) is 12.2. The van der Waals surface area contributed by atoms with E-state index in [0.29, 0.717) is 0 Å². The van der Waals surface area contributed by atoms with Crippen molar-refractivity contribution in [2.75, 3.05) is 6.26 Å². The third-order valence-electron chi connectivity index (χ3n) is 4.41. The van der Waals surface area contributed by atoms with Gasteiger partial charge in [0, 0.05) is 18.0 Å². The lowest BCUT2D eigenvalue weighted by molar-refractivity contribution is 0.916. The lowest BCUT2D eigenvalue weighted by Crippen LogP contribution is -1.97. The molecule has 0 bridgehead atoms. The van der Waals surface area contributed by atoms with E-state index in [0.717, 1.165) is 33.1 Å². The lowest BCUT2D eigenvalue weighted by Gasteiger charge is -2.07. The van der Waals surface area contributed by atoms with Crippen molar-refractivity contribution in [2.45, 2.75) is 12.1 Å². The van der Waals surface area contributed by atoms with Crippen LogP contribution < -0.4 is 0 Å². The van der Waals surface area contributed by atoms with Crippen LogP contribution in [0.4, 0.5) is 0 Å². The highest BCUT2D eigenvalue weighted by atomic mass is 32.2. The minimum Gasteiger partial charge on any atom is -0.328 e. The third-order valence-corrected chi connectivity index (χ3v) is 4.96. The van der Waals surface area contributed by atoms with Crippen LogP contribution >= 0.6 is 11.8 Å². The summed E-state index contributed by atoms with van der Waals surface area (Å²) in [6, 6.07) is 21.1. The SMILES string of the molecule is CSc1nc(-c2cccc(C)c2)c2cc(-c3ccccc3)n(C)c2n1. The second-order valence-corrected chi connectivity index (χ2v) is 6.89. The molecule has 2 aromatic heterocycles. The summed E-state index contributed by atoms with van der Waals surface area (Å²) in [6.45, 7) is 2.11. The summed E-state index contributed by atoms with van der Waals surface area (Å²) in [5.41, 5.74) is 6.66. The van der Waals surface area contributed by atoms with Crippen LogP contribution in [0.25, 0.3) is 33.5 Å². The number of nitrogens with zero attached hydrogens (tertiary/aromatic N) is 3. The molecule has 0 aliphatic rings. The normalized spacial score (nSPS) is 11.2. The van der Waals surface area contributed by atoms with Crippen LogP contribution in [0.1, 0.15) is 5.56 Å². The van der Waals surface area contributed by atoms with E-state index < -0.39 is 0 Å². The van der Waals surface area contributed by atoms with Gasteiger partial charge in [-0.1, -0.05) is 65.9 Å². The molecule has 2 aromatic carbocycles. The summed E-state index contributed by atoms with van der Waals surface area (Å²) in [7, 11) is 2.07. The molecule has 0 atom stereocenters. The molecule has 3 nitrogen and oxygen atoms in total. The fourth-order valence-corrected chi connectivity index (χ4v) is 3.52. The summed E-state index contributed by atoms with van der Waals surface area (Å²) in [4.78, 5) is 9.58. The van der Waals surface area contributed by atoms with Gasteiger partial charge in [-0.25, -0.2) is 9.97 Å². The Kier molecular flexibility index (Phi) is 4.06. The molecular weight excluding hydrogens is 326 g/mol. The molecule has 0 saturated heterocycles.